The summed E-state index contributed by atoms with van der Waals surface area (Å²) in [4.78, 5) is 23.5. The topological polar surface area (TPSA) is 63.0 Å². The molecule has 43 heavy (non-hydrogen) atoms. The van der Waals surface area contributed by atoms with Crippen LogP contribution in [-0.4, -0.2) is 67.6 Å². The number of hydrogen-bond donors (Lipinski definition) is 0. The number of aromatic nitrogens is 2. The number of piperazine rings is 1. The van der Waals surface area contributed by atoms with E-state index in [4.69, 9.17) is 4.74 Å². The zero-order chi connectivity index (χ0) is 33.8. The number of aryl methyl sites for hydroxylation is 3. The number of anilines is 1. The van der Waals surface area contributed by atoms with Gasteiger partial charge in [0.15, 0.2) is 0 Å². The Bertz CT molecular complexity index is 1080. The van der Waals surface area contributed by atoms with E-state index in [1.165, 1.54) is 28.9 Å². The average molecular weight is 600 g/mol. The predicted molar refractivity (Wildman–Crippen MR) is 188 cm³/mol. The number of Topliss-reactive ketones (excluding diaryl/α,β-unsaturated/α-hetero) is 1. The third-order valence-electron chi connectivity index (χ3n) is 6.31. The van der Waals surface area contributed by atoms with Crippen LogP contribution in [0.25, 0.3) is 0 Å². The van der Waals surface area contributed by atoms with Gasteiger partial charge in [-0.1, -0.05) is 54.9 Å². The summed E-state index contributed by atoms with van der Waals surface area (Å²) >= 11 is 0. The van der Waals surface area contributed by atoms with Crippen LogP contribution >= 0.6 is 0 Å². The van der Waals surface area contributed by atoms with Gasteiger partial charge in [-0.2, -0.15) is 0 Å². The van der Waals surface area contributed by atoms with E-state index in [2.05, 4.69) is 72.2 Å². The zero-order valence-electron chi connectivity index (χ0n) is 30.3. The van der Waals surface area contributed by atoms with E-state index in [-0.39, 0.29) is 5.78 Å². The first kappa shape index (κ1) is 44.3. The molecule has 0 bridgehead atoms. The molecule has 2 aromatic heterocycles. The Morgan fingerprint density at radius 3 is 2.02 bits per heavy atom. The SMILES string of the molecule is C#CC.CC.CC.CCCC(C)=O.CCCc1c(N2CCN(C)CC2)ccnc1C.CCc1cn(C)c(=NC)cc1OC. The minimum Gasteiger partial charge on any atom is -0.496 e. The third-order valence-corrected chi connectivity index (χ3v) is 6.31. The average Bonchev–Trinajstić information content (AvgIpc) is 3.01. The normalized spacial score (nSPS) is 12.1. The van der Waals surface area contributed by atoms with E-state index in [1.807, 2.05) is 58.5 Å². The number of carbonyl (C=O) groups excluding carboxylic acids is 1. The van der Waals surface area contributed by atoms with Crippen molar-refractivity contribution >= 4 is 11.5 Å². The second-order valence-corrected chi connectivity index (χ2v) is 9.59. The van der Waals surface area contributed by atoms with E-state index in [0.29, 0.717) is 0 Å². The lowest BCUT2D eigenvalue weighted by Gasteiger charge is -2.35. The van der Waals surface area contributed by atoms with Crippen LogP contribution in [0.15, 0.2) is 29.5 Å². The molecule has 7 nitrogen and oxygen atoms in total. The second kappa shape index (κ2) is 29.0. The van der Waals surface area contributed by atoms with Crippen molar-refractivity contribution in [1.82, 2.24) is 14.5 Å². The summed E-state index contributed by atoms with van der Waals surface area (Å²) in [6.07, 6.45) is 13.6. The molecule has 0 radical (unpaired) electrons. The Labute approximate surface area is 265 Å². The van der Waals surface area contributed by atoms with Crippen molar-refractivity contribution in [2.24, 2.45) is 12.0 Å². The summed E-state index contributed by atoms with van der Waals surface area (Å²) < 4.78 is 7.26. The molecular weight excluding hydrogens is 534 g/mol. The number of hydrogen-bond acceptors (Lipinski definition) is 6. The van der Waals surface area contributed by atoms with Crippen LogP contribution in [0.4, 0.5) is 5.69 Å². The van der Waals surface area contributed by atoms with Crippen molar-refractivity contribution in [2.45, 2.75) is 101 Å². The summed E-state index contributed by atoms with van der Waals surface area (Å²) in [6, 6.07) is 4.14. The number of terminal acetylenes is 1. The summed E-state index contributed by atoms with van der Waals surface area (Å²) in [5.41, 5.74) is 6.18. The zero-order valence-corrected chi connectivity index (χ0v) is 30.3. The molecule has 0 aromatic carbocycles. The molecular formula is C36H65N5O2. The molecule has 0 aliphatic carbocycles. The van der Waals surface area contributed by atoms with Gasteiger partial charge >= 0.3 is 0 Å². The van der Waals surface area contributed by atoms with Gasteiger partial charge in [-0.3, -0.25) is 9.98 Å². The highest BCUT2D eigenvalue weighted by Crippen LogP contribution is 2.24. The molecule has 0 atom stereocenters. The standard InChI is InChI=1S/C14H23N3.C10H16N2O.C5H10O.C3H4.2C2H6/c1-4-5-13-12(2)15-7-6-14(13)17-10-8-16(3)9-11-17;1-5-8-7-12(3)10(11-2)6-9(8)13-4;1-3-4-5(2)6;1-3-2;2*1-2/h6-7H,4-5,8-11H2,1-3H3;6-7H,5H2,1-4H3;3-4H2,1-2H3;1H,2H3;2*1-2H3. The van der Waals surface area contributed by atoms with Gasteiger partial charge in [-0.05, 0) is 58.7 Å². The molecule has 0 saturated carbocycles. The van der Waals surface area contributed by atoms with Crippen LogP contribution in [-0.2, 0) is 24.7 Å². The molecule has 3 heterocycles. The van der Waals surface area contributed by atoms with Crippen molar-refractivity contribution in [1.29, 1.82) is 0 Å². The smallest absolute Gasteiger partial charge is 0.130 e. The number of carbonyl (C=O) groups is 1. The fourth-order valence-corrected chi connectivity index (χ4v) is 4.19. The first-order chi connectivity index (χ1) is 20.6. The lowest BCUT2D eigenvalue weighted by atomic mass is 10.1. The third kappa shape index (κ3) is 18.9. The molecule has 1 aliphatic heterocycles. The maximum absolute atomic E-state index is 10.0. The van der Waals surface area contributed by atoms with E-state index in [0.717, 1.165) is 63.1 Å². The maximum Gasteiger partial charge on any atom is 0.130 e. The molecule has 2 aromatic rings. The highest BCUT2D eigenvalue weighted by atomic mass is 16.5. The maximum atomic E-state index is 10.0. The molecule has 246 valence electrons. The van der Waals surface area contributed by atoms with Crippen molar-refractivity contribution in [3.05, 3.63) is 46.8 Å². The van der Waals surface area contributed by atoms with Gasteiger partial charge in [-0.25, -0.2) is 0 Å². The number of pyridine rings is 2. The quantitative estimate of drug-likeness (QED) is 0.313. The van der Waals surface area contributed by atoms with Gasteiger partial charge in [0.25, 0.3) is 0 Å². The van der Waals surface area contributed by atoms with Gasteiger partial charge in [0.1, 0.15) is 17.0 Å². The van der Waals surface area contributed by atoms with Crippen LogP contribution in [0, 0.1) is 19.3 Å². The number of ketones is 1. The van der Waals surface area contributed by atoms with E-state index >= 15 is 0 Å². The Kier molecular flexibility index (Phi) is 29.9. The highest BCUT2D eigenvalue weighted by Gasteiger charge is 2.17. The summed E-state index contributed by atoms with van der Waals surface area (Å²) in [6.45, 7) is 24.3. The van der Waals surface area contributed by atoms with Gasteiger partial charge in [0.2, 0.25) is 0 Å². The second-order valence-electron chi connectivity index (χ2n) is 9.59. The summed E-state index contributed by atoms with van der Waals surface area (Å²) in [5.74, 6) is 3.46. The van der Waals surface area contributed by atoms with E-state index in [1.54, 1.807) is 28.0 Å². The van der Waals surface area contributed by atoms with Crippen LogP contribution < -0.4 is 15.1 Å². The van der Waals surface area contributed by atoms with E-state index < -0.39 is 0 Å². The first-order valence-electron chi connectivity index (χ1n) is 16.0. The number of nitrogens with zero attached hydrogens (tertiary/aromatic N) is 5. The minimum absolute atomic E-state index is 0.289. The molecule has 0 spiro atoms. The fraction of sp³-hybridized carbons (Fsp3) is 0.639. The highest BCUT2D eigenvalue weighted by molar-refractivity contribution is 5.75. The number of ether oxygens (including phenoxy) is 1. The van der Waals surface area contributed by atoms with Crippen LogP contribution in [0.3, 0.4) is 0 Å². The van der Waals surface area contributed by atoms with Crippen molar-refractivity contribution in [3.8, 4) is 18.1 Å². The van der Waals surface area contributed by atoms with Gasteiger partial charge in [-0.15, -0.1) is 12.3 Å². The monoisotopic (exact) mass is 600 g/mol. The molecule has 1 fully saturated rings. The lowest BCUT2D eigenvalue weighted by Crippen LogP contribution is -2.44. The van der Waals surface area contributed by atoms with Crippen molar-refractivity contribution in [2.75, 3.05) is 52.3 Å². The summed E-state index contributed by atoms with van der Waals surface area (Å²) in [5, 5.41) is 0. The number of methoxy groups -OCH3 is 1. The Morgan fingerprint density at radius 2 is 1.63 bits per heavy atom. The molecule has 0 unspecified atom stereocenters. The van der Waals surface area contributed by atoms with Crippen LogP contribution in [0.5, 0.6) is 5.75 Å². The van der Waals surface area contributed by atoms with Gasteiger partial charge in [0, 0.05) is 82.1 Å². The van der Waals surface area contributed by atoms with Gasteiger partial charge in [0.05, 0.1) is 7.11 Å². The Balaban J connectivity index is -0.000000544. The molecule has 0 N–H and O–H groups in total. The molecule has 1 saturated heterocycles. The number of likely N-dealkylation sites (N-methyl/N-ethyl adjacent to an activating group) is 1. The van der Waals surface area contributed by atoms with Gasteiger partial charge < -0.3 is 23.9 Å². The lowest BCUT2D eigenvalue weighted by molar-refractivity contribution is -0.117. The van der Waals surface area contributed by atoms with Crippen LogP contribution in [0.2, 0.25) is 0 Å². The van der Waals surface area contributed by atoms with E-state index in [9.17, 15) is 4.79 Å². The predicted octanol–water partition coefficient (Wildman–Crippen LogP) is 7.29. The number of rotatable bonds is 7. The summed E-state index contributed by atoms with van der Waals surface area (Å²) in [7, 11) is 7.65. The minimum atomic E-state index is 0.289. The fourth-order valence-electron chi connectivity index (χ4n) is 4.19. The Hall–Kier alpha value is -3.11. The molecule has 0 amide bonds. The van der Waals surface area contributed by atoms with Crippen molar-refractivity contribution in [3.63, 3.8) is 0 Å². The van der Waals surface area contributed by atoms with Crippen LogP contribution in [0.1, 0.15) is 98.4 Å². The molecule has 7 heteroatoms. The van der Waals surface area contributed by atoms with Crippen molar-refractivity contribution < 1.29 is 9.53 Å². The molecule has 3 rings (SSSR count). The Morgan fingerprint density at radius 1 is 1.07 bits per heavy atom. The first-order valence-corrected chi connectivity index (χ1v) is 16.0. The largest absolute Gasteiger partial charge is 0.496 e. The molecule has 1 aliphatic rings.